The molecule has 3 saturated carbocycles. The van der Waals surface area contributed by atoms with Gasteiger partial charge in [0.1, 0.15) is 17.3 Å². The molecule has 1 aromatic carbocycles. The van der Waals surface area contributed by atoms with Crippen molar-refractivity contribution in [2.75, 3.05) is 6.61 Å². The van der Waals surface area contributed by atoms with Crippen molar-refractivity contribution in [1.29, 1.82) is 0 Å². The van der Waals surface area contributed by atoms with Gasteiger partial charge in [0.05, 0.1) is 5.02 Å². The van der Waals surface area contributed by atoms with Gasteiger partial charge in [-0.2, -0.15) is 0 Å². The van der Waals surface area contributed by atoms with Crippen LogP contribution in [0.1, 0.15) is 55.1 Å². The van der Waals surface area contributed by atoms with Crippen LogP contribution in [0, 0.1) is 11.7 Å². The number of ether oxygens (including phenoxy) is 1. The predicted molar refractivity (Wildman–Crippen MR) is 119 cm³/mol. The number of fused-ring (bicyclic) bond motifs is 1. The lowest BCUT2D eigenvalue weighted by atomic mass is 9.76. The zero-order valence-electron chi connectivity index (χ0n) is 18.0. The summed E-state index contributed by atoms with van der Waals surface area (Å²) in [5, 5.41) is 6.12. The van der Waals surface area contributed by atoms with E-state index in [4.69, 9.17) is 16.3 Å². The summed E-state index contributed by atoms with van der Waals surface area (Å²) in [6.07, 6.45) is 7.31. The van der Waals surface area contributed by atoms with Gasteiger partial charge in [-0.15, -0.1) is 0 Å². The second-order valence-electron chi connectivity index (χ2n) is 8.80. The minimum Gasteiger partial charge on any atom is -0.484 e. The van der Waals surface area contributed by atoms with E-state index in [9.17, 15) is 14.0 Å². The van der Waals surface area contributed by atoms with Crippen LogP contribution in [0.5, 0.6) is 5.75 Å². The lowest BCUT2D eigenvalue weighted by Gasteiger charge is -2.39. The number of pyridine rings is 1. The molecule has 1 atom stereocenters. The minimum absolute atomic E-state index is 0.00233. The molecule has 0 unspecified atom stereocenters. The van der Waals surface area contributed by atoms with E-state index in [1.165, 1.54) is 12.1 Å². The molecule has 1 aromatic heterocycles. The normalized spacial score (nSPS) is 23.3. The number of halogens is 2. The van der Waals surface area contributed by atoms with Crippen LogP contribution in [0.3, 0.4) is 0 Å². The number of benzene rings is 1. The number of hydrogen-bond acceptors (Lipinski definition) is 4. The summed E-state index contributed by atoms with van der Waals surface area (Å²) >= 11 is 5.65. The third kappa shape index (κ3) is 5.04. The summed E-state index contributed by atoms with van der Waals surface area (Å²) in [6.45, 7) is 1.93. The Hall–Kier alpha value is -2.67. The highest BCUT2D eigenvalue weighted by Crippen LogP contribution is 2.52. The van der Waals surface area contributed by atoms with Crippen LogP contribution in [-0.4, -0.2) is 35.0 Å². The van der Waals surface area contributed by atoms with E-state index in [0.717, 1.165) is 43.7 Å². The summed E-state index contributed by atoms with van der Waals surface area (Å²) in [4.78, 5) is 29.3. The maximum Gasteiger partial charge on any atom is 0.270 e. The van der Waals surface area contributed by atoms with E-state index in [1.807, 2.05) is 6.07 Å². The van der Waals surface area contributed by atoms with Gasteiger partial charge in [-0.3, -0.25) is 14.6 Å². The summed E-state index contributed by atoms with van der Waals surface area (Å²) in [5.41, 5.74) is 1.26. The topological polar surface area (TPSA) is 80.3 Å². The van der Waals surface area contributed by atoms with Gasteiger partial charge >= 0.3 is 0 Å². The average Bonchev–Trinajstić information content (AvgIpc) is 3.26. The average molecular weight is 460 g/mol. The molecule has 3 fully saturated rings. The van der Waals surface area contributed by atoms with Crippen LogP contribution in [-0.2, 0) is 11.2 Å². The second kappa shape index (κ2) is 9.45. The molecule has 2 amide bonds. The first-order valence-corrected chi connectivity index (χ1v) is 11.4. The lowest BCUT2D eigenvalue weighted by Crippen LogP contribution is -2.52. The Morgan fingerprint density at radius 1 is 1.25 bits per heavy atom. The van der Waals surface area contributed by atoms with Gasteiger partial charge in [0.15, 0.2) is 6.61 Å². The second-order valence-corrected chi connectivity index (χ2v) is 9.21. The standard InChI is InChI=1S/C24H27ClFN3O3/c1-2-3-4-15-5-8-20(27-13-15)23(31)29-24-10-16(11-24)21(12-24)28-22(30)14-32-17-6-7-18(25)19(26)9-17/h5-9,13,16,21H,2-4,10-12,14H2,1H3,(H,28,30)(H,29,31)/t16?,21-,24?/m0/s1. The summed E-state index contributed by atoms with van der Waals surface area (Å²) < 4.78 is 18.8. The number of nitrogens with zero attached hydrogens (tertiary/aromatic N) is 1. The van der Waals surface area contributed by atoms with E-state index < -0.39 is 5.82 Å². The van der Waals surface area contributed by atoms with Gasteiger partial charge in [-0.1, -0.05) is 31.0 Å². The number of amides is 2. The molecule has 0 radical (unpaired) electrons. The van der Waals surface area contributed by atoms with Crippen molar-refractivity contribution in [2.45, 2.75) is 57.0 Å². The first kappa shape index (κ1) is 22.5. The quantitative estimate of drug-likeness (QED) is 0.592. The van der Waals surface area contributed by atoms with Crippen molar-refractivity contribution >= 4 is 23.4 Å². The number of hydrogen-bond donors (Lipinski definition) is 2. The van der Waals surface area contributed by atoms with Crippen LogP contribution >= 0.6 is 11.6 Å². The molecule has 1 heterocycles. The monoisotopic (exact) mass is 459 g/mol. The van der Waals surface area contributed by atoms with E-state index >= 15 is 0 Å². The highest BCUT2D eigenvalue weighted by molar-refractivity contribution is 6.30. The number of carbonyl (C=O) groups excluding carboxylic acids is 2. The summed E-state index contributed by atoms with van der Waals surface area (Å²) in [5.74, 6) is -0.468. The Kier molecular flexibility index (Phi) is 6.65. The zero-order chi connectivity index (χ0) is 22.7. The fraction of sp³-hybridized carbons (Fsp3) is 0.458. The predicted octanol–water partition coefficient (Wildman–Crippen LogP) is 4.06. The molecule has 5 rings (SSSR count). The SMILES string of the molecule is CCCCc1ccc(C(=O)NC23CC(C2)[C@@H](NC(=O)COc2ccc(Cl)c(F)c2)C3)nc1. The van der Waals surface area contributed by atoms with Gasteiger partial charge in [-0.25, -0.2) is 4.39 Å². The largest absolute Gasteiger partial charge is 0.484 e. The molecular weight excluding hydrogens is 433 g/mol. The van der Waals surface area contributed by atoms with Crippen molar-refractivity contribution in [1.82, 2.24) is 15.6 Å². The van der Waals surface area contributed by atoms with Crippen LogP contribution < -0.4 is 15.4 Å². The Bertz CT molecular complexity index is 992. The maximum atomic E-state index is 13.5. The molecule has 8 heteroatoms. The van der Waals surface area contributed by atoms with Gasteiger partial charge in [-0.05, 0) is 61.8 Å². The fourth-order valence-corrected chi connectivity index (χ4v) is 4.78. The molecule has 6 nitrogen and oxygen atoms in total. The first-order chi connectivity index (χ1) is 15.4. The minimum atomic E-state index is -0.594. The van der Waals surface area contributed by atoms with Crippen molar-refractivity contribution in [3.05, 3.63) is 58.6 Å². The van der Waals surface area contributed by atoms with E-state index in [1.54, 1.807) is 12.3 Å². The lowest BCUT2D eigenvalue weighted by molar-refractivity contribution is -0.124. The molecule has 3 aliphatic rings. The van der Waals surface area contributed by atoms with Crippen molar-refractivity contribution < 1.29 is 18.7 Å². The summed E-state index contributed by atoms with van der Waals surface area (Å²) in [6, 6.07) is 7.77. The molecule has 170 valence electrons. The smallest absolute Gasteiger partial charge is 0.270 e. The Balaban J connectivity index is 1.25. The summed E-state index contributed by atoms with van der Waals surface area (Å²) in [7, 11) is 0. The van der Waals surface area contributed by atoms with Crippen LogP contribution in [0.25, 0.3) is 0 Å². The third-order valence-electron chi connectivity index (χ3n) is 6.35. The number of rotatable bonds is 9. The van der Waals surface area contributed by atoms with Crippen molar-refractivity contribution in [3.8, 4) is 5.75 Å². The van der Waals surface area contributed by atoms with Gasteiger partial charge < -0.3 is 15.4 Å². The Morgan fingerprint density at radius 3 is 2.75 bits per heavy atom. The van der Waals surface area contributed by atoms with E-state index in [2.05, 4.69) is 22.5 Å². The van der Waals surface area contributed by atoms with Crippen LogP contribution in [0.15, 0.2) is 36.5 Å². The highest BCUT2D eigenvalue weighted by atomic mass is 35.5. The van der Waals surface area contributed by atoms with Crippen molar-refractivity contribution in [3.63, 3.8) is 0 Å². The van der Waals surface area contributed by atoms with Crippen LogP contribution in [0.4, 0.5) is 4.39 Å². The highest BCUT2D eigenvalue weighted by Gasteiger charge is 2.57. The fourth-order valence-electron chi connectivity index (χ4n) is 4.66. The van der Waals surface area contributed by atoms with Gasteiger partial charge in [0.25, 0.3) is 11.8 Å². The Labute approximate surface area is 191 Å². The molecule has 0 spiro atoms. The maximum absolute atomic E-state index is 13.5. The van der Waals surface area contributed by atoms with Gasteiger partial charge in [0.2, 0.25) is 0 Å². The number of aryl methyl sites for hydroxylation is 1. The van der Waals surface area contributed by atoms with Crippen molar-refractivity contribution in [2.24, 2.45) is 5.92 Å². The number of carbonyl (C=O) groups is 2. The molecule has 32 heavy (non-hydrogen) atoms. The molecule has 2 N–H and O–H groups in total. The number of unbranched alkanes of at least 4 members (excludes halogenated alkanes) is 1. The zero-order valence-corrected chi connectivity index (χ0v) is 18.8. The van der Waals surface area contributed by atoms with E-state index in [-0.39, 0.29) is 40.8 Å². The first-order valence-electron chi connectivity index (χ1n) is 11.0. The molecule has 0 aliphatic heterocycles. The third-order valence-corrected chi connectivity index (χ3v) is 6.65. The van der Waals surface area contributed by atoms with Gasteiger partial charge in [0, 0.05) is 23.8 Å². The molecular formula is C24H27ClFN3O3. The number of nitrogens with one attached hydrogen (secondary N) is 2. The van der Waals surface area contributed by atoms with E-state index in [0.29, 0.717) is 18.0 Å². The van der Waals surface area contributed by atoms with Crippen LogP contribution in [0.2, 0.25) is 5.02 Å². The molecule has 0 saturated heterocycles. The Morgan fingerprint density at radius 2 is 2.06 bits per heavy atom. The molecule has 2 aromatic rings. The molecule has 2 bridgehead atoms. The number of aromatic nitrogens is 1. The molecule has 3 aliphatic carbocycles.